The Morgan fingerprint density at radius 2 is 1.89 bits per heavy atom. The van der Waals surface area contributed by atoms with Crippen LogP contribution in [0.25, 0.3) is 0 Å². The van der Waals surface area contributed by atoms with Crippen LogP contribution in [0.15, 0.2) is 30.0 Å². The van der Waals surface area contributed by atoms with E-state index < -0.39 is 29.8 Å². The van der Waals surface area contributed by atoms with E-state index in [0.29, 0.717) is 0 Å². The van der Waals surface area contributed by atoms with Crippen LogP contribution in [0.5, 0.6) is 0 Å². The Morgan fingerprint density at radius 1 is 1.26 bits per heavy atom. The SMILES string of the molecule is C=C=C(CCc1ccc(F)c(CC)c1F)C(F)(F)F. The highest BCUT2D eigenvalue weighted by molar-refractivity contribution is 5.28. The zero-order valence-corrected chi connectivity index (χ0v) is 10.4. The number of allylic oxidation sites excluding steroid dienone is 1. The zero-order chi connectivity index (χ0) is 14.6. The summed E-state index contributed by atoms with van der Waals surface area (Å²) < 4.78 is 64.4. The van der Waals surface area contributed by atoms with E-state index in [2.05, 4.69) is 6.58 Å². The molecule has 0 aliphatic heterocycles. The molecular formula is C14H13F5. The standard InChI is InChI=1S/C14H13F5/c1-3-10(14(17,18)19)7-5-9-6-8-12(15)11(4-2)13(9)16/h6,8H,1,4-5,7H2,2H3. The molecule has 0 N–H and O–H groups in total. The molecule has 0 aliphatic rings. The van der Waals surface area contributed by atoms with Crippen LogP contribution in [-0.4, -0.2) is 6.18 Å². The van der Waals surface area contributed by atoms with Gasteiger partial charge < -0.3 is 0 Å². The topological polar surface area (TPSA) is 0 Å². The molecule has 0 nitrogen and oxygen atoms in total. The summed E-state index contributed by atoms with van der Waals surface area (Å²) in [5.41, 5.74) is 0.843. The van der Waals surface area contributed by atoms with E-state index in [1.54, 1.807) is 6.92 Å². The fraction of sp³-hybridized carbons (Fsp3) is 0.357. The van der Waals surface area contributed by atoms with Gasteiger partial charge in [0.05, 0.1) is 5.57 Å². The average molecular weight is 276 g/mol. The Balaban J connectivity index is 2.94. The third-order valence-corrected chi connectivity index (χ3v) is 2.82. The van der Waals surface area contributed by atoms with Crippen molar-refractivity contribution in [1.82, 2.24) is 0 Å². The number of alkyl halides is 3. The van der Waals surface area contributed by atoms with E-state index in [9.17, 15) is 22.0 Å². The third kappa shape index (κ3) is 3.67. The Morgan fingerprint density at radius 3 is 2.37 bits per heavy atom. The van der Waals surface area contributed by atoms with Crippen LogP contribution in [0, 0.1) is 11.6 Å². The average Bonchev–Trinajstić information content (AvgIpc) is 2.31. The number of hydrogen-bond donors (Lipinski definition) is 0. The lowest BCUT2D eigenvalue weighted by atomic mass is 10.0. The van der Waals surface area contributed by atoms with Crippen molar-refractivity contribution in [1.29, 1.82) is 0 Å². The molecule has 0 bridgehead atoms. The van der Waals surface area contributed by atoms with Crippen molar-refractivity contribution in [2.45, 2.75) is 32.4 Å². The minimum atomic E-state index is -4.52. The number of benzene rings is 1. The minimum Gasteiger partial charge on any atom is -0.207 e. The monoisotopic (exact) mass is 276 g/mol. The van der Waals surface area contributed by atoms with E-state index in [1.807, 2.05) is 5.73 Å². The molecule has 19 heavy (non-hydrogen) atoms. The molecule has 0 spiro atoms. The van der Waals surface area contributed by atoms with Crippen LogP contribution in [0.2, 0.25) is 0 Å². The second-order valence-electron chi connectivity index (χ2n) is 4.01. The van der Waals surface area contributed by atoms with Crippen molar-refractivity contribution in [3.8, 4) is 0 Å². The van der Waals surface area contributed by atoms with Crippen LogP contribution < -0.4 is 0 Å². The van der Waals surface area contributed by atoms with Crippen molar-refractivity contribution in [2.75, 3.05) is 0 Å². The second-order valence-corrected chi connectivity index (χ2v) is 4.01. The van der Waals surface area contributed by atoms with Gasteiger partial charge in [0.2, 0.25) is 0 Å². The quantitative estimate of drug-likeness (QED) is 0.550. The van der Waals surface area contributed by atoms with Crippen LogP contribution in [-0.2, 0) is 12.8 Å². The van der Waals surface area contributed by atoms with Crippen molar-refractivity contribution in [3.63, 3.8) is 0 Å². The highest BCUT2D eigenvalue weighted by atomic mass is 19.4. The molecule has 5 heteroatoms. The van der Waals surface area contributed by atoms with Gasteiger partial charge in [-0.1, -0.05) is 19.6 Å². The zero-order valence-electron chi connectivity index (χ0n) is 10.4. The molecule has 0 fully saturated rings. The summed E-state index contributed by atoms with van der Waals surface area (Å²) in [6.45, 7) is 4.55. The summed E-state index contributed by atoms with van der Waals surface area (Å²) >= 11 is 0. The first-order valence-electron chi connectivity index (χ1n) is 5.73. The van der Waals surface area contributed by atoms with E-state index >= 15 is 0 Å². The summed E-state index contributed by atoms with van der Waals surface area (Å²) in [4.78, 5) is 0. The Labute approximate surface area is 108 Å². The summed E-state index contributed by atoms with van der Waals surface area (Å²) in [5, 5.41) is 0. The van der Waals surface area contributed by atoms with Gasteiger partial charge >= 0.3 is 6.18 Å². The number of aryl methyl sites for hydroxylation is 1. The van der Waals surface area contributed by atoms with Crippen LogP contribution in [0.4, 0.5) is 22.0 Å². The second kappa shape index (κ2) is 6.02. The van der Waals surface area contributed by atoms with Crippen molar-refractivity contribution < 1.29 is 22.0 Å². The molecule has 104 valence electrons. The number of halogens is 5. The number of hydrogen-bond acceptors (Lipinski definition) is 0. The fourth-order valence-corrected chi connectivity index (χ4v) is 1.75. The van der Waals surface area contributed by atoms with Gasteiger partial charge in [-0.15, -0.1) is 5.73 Å². The Kier molecular flexibility index (Phi) is 4.90. The molecule has 0 atom stereocenters. The van der Waals surface area contributed by atoms with Gasteiger partial charge in [0.25, 0.3) is 0 Å². The molecule has 0 amide bonds. The molecule has 0 saturated carbocycles. The van der Waals surface area contributed by atoms with Gasteiger partial charge in [-0.05, 0) is 30.9 Å². The predicted molar refractivity (Wildman–Crippen MR) is 62.8 cm³/mol. The lowest BCUT2D eigenvalue weighted by Crippen LogP contribution is -2.12. The molecule has 0 aliphatic carbocycles. The first-order chi connectivity index (χ1) is 8.81. The van der Waals surface area contributed by atoms with Gasteiger partial charge in [-0.2, -0.15) is 13.2 Å². The maximum absolute atomic E-state index is 13.8. The van der Waals surface area contributed by atoms with Crippen molar-refractivity contribution in [3.05, 3.63) is 52.8 Å². The largest absolute Gasteiger partial charge is 0.419 e. The summed E-state index contributed by atoms with van der Waals surface area (Å²) in [5.74, 6) is -1.45. The van der Waals surface area contributed by atoms with Crippen LogP contribution in [0.1, 0.15) is 24.5 Å². The van der Waals surface area contributed by atoms with E-state index in [1.165, 1.54) is 6.07 Å². The molecule has 1 rings (SSSR count). The molecule has 0 radical (unpaired) electrons. The first kappa shape index (κ1) is 15.4. The van der Waals surface area contributed by atoms with Gasteiger partial charge in [0.1, 0.15) is 11.6 Å². The van der Waals surface area contributed by atoms with Crippen LogP contribution >= 0.6 is 0 Å². The van der Waals surface area contributed by atoms with E-state index in [4.69, 9.17) is 0 Å². The maximum atomic E-state index is 13.8. The molecule has 0 unspecified atom stereocenters. The van der Waals surface area contributed by atoms with Gasteiger partial charge in [0.15, 0.2) is 0 Å². The predicted octanol–water partition coefficient (Wildman–Crippen LogP) is 4.73. The minimum absolute atomic E-state index is 0.0650. The summed E-state index contributed by atoms with van der Waals surface area (Å²) in [6, 6.07) is 2.24. The molecule has 0 saturated heterocycles. The molecular weight excluding hydrogens is 263 g/mol. The lowest BCUT2D eigenvalue weighted by Gasteiger charge is -2.11. The van der Waals surface area contributed by atoms with Gasteiger partial charge in [0, 0.05) is 5.56 Å². The van der Waals surface area contributed by atoms with Crippen LogP contribution in [0.3, 0.4) is 0 Å². The van der Waals surface area contributed by atoms with Crippen molar-refractivity contribution >= 4 is 0 Å². The van der Waals surface area contributed by atoms with Gasteiger partial charge in [-0.3, -0.25) is 0 Å². The summed E-state index contributed by atoms with van der Waals surface area (Å²) in [7, 11) is 0. The smallest absolute Gasteiger partial charge is 0.207 e. The Hall–Kier alpha value is -1.61. The lowest BCUT2D eigenvalue weighted by molar-refractivity contribution is -0.0937. The molecule has 1 aromatic carbocycles. The molecule has 1 aromatic rings. The number of rotatable bonds is 4. The fourth-order valence-electron chi connectivity index (χ4n) is 1.75. The maximum Gasteiger partial charge on any atom is 0.419 e. The normalized spacial score (nSPS) is 11.3. The van der Waals surface area contributed by atoms with Crippen molar-refractivity contribution in [2.24, 2.45) is 0 Å². The Bertz CT molecular complexity index is 507. The highest BCUT2D eigenvalue weighted by Crippen LogP contribution is 2.29. The summed E-state index contributed by atoms with van der Waals surface area (Å²) in [6.07, 6.45) is -4.98. The highest BCUT2D eigenvalue weighted by Gasteiger charge is 2.33. The third-order valence-electron chi connectivity index (χ3n) is 2.82. The molecule has 0 aromatic heterocycles. The first-order valence-corrected chi connectivity index (χ1v) is 5.73. The van der Waals surface area contributed by atoms with E-state index in [-0.39, 0.29) is 24.0 Å². The van der Waals surface area contributed by atoms with Gasteiger partial charge in [-0.25, -0.2) is 8.78 Å². The van der Waals surface area contributed by atoms with E-state index in [0.717, 1.165) is 6.07 Å². The molecule has 0 heterocycles.